The molecule has 0 aliphatic carbocycles. The van der Waals surface area contributed by atoms with Crippen LogP contribution in [0.25, 0.3) is 0 Å². The van der Waals surface area contributed by atoms with Crippen molar-refractivity contribution in [3.05, 3.63) is 64.2 Å². The Balaban J connectivity index is 2.42. The molecule has 0 N–H and O–H groups in total. The smallest absolute Gasteiger partial charge is 0.125 e. The minimum Gasteiger partial charge on any atom is -0.496 e. The molecule has 0 radical (unpaired) electrons. The molecule has 108 valence electrons. The van der Waals surface area contributed by atoms with Crippen LogP contribution in [-0.2, 0) is 0 Å². The molecule has 0 bridgehead atoms. The van der Waals surface area contributed by atoms with E-state index in [0.717, 1.165) is 22.4 Å². The summed E-state index contributed by atoms with van der Waals surface area (Å²) in [4.78, 5) is 0. The highest BCUT2D eigenvalue weighted by Gasteiger charge is 2.11. The number of hydrogen-bond donors (Lipinski definition) is 0. The van der Waals surface area contributed by atoms with Crippen molar-refractivity contribution in [3.63, 3.8) is 0 Å². The Labute approximate surface area is 128 Å². The van der Waals surface area contributed by atoms with Gasteiger partial charge in [0.25, 0.3) is 0 Å². The van der Waals surface area contributed by atoms with Crippen molar-refractivity contribution in [2.24, 2.45) is 0 Å². The third-order valence-electron chi connectivity index (χ3n) is 3.50. The first-order valence-corrected chi connectivity index (χ1v) is 7.28. The molecule has 0 aromatic heterocycles. The molecule has 0 amide bonds. The van der Waals surface area contributed by atoms with Crippen LogP contribution in [0.15, 0.2) is 36.4 Å². The van der Waals surface area contributed by atoms with Gasteiger partial charge in [-0.25, -0.2) is 0 Å². The average Bonchev–Trinajstić information content (AvgIpc) is 2.44. The monoisotopic (exact) mass is 278 g/mol. The zero-order valence-electron chi connectivity index (χ0n) is 13.4. The summed E-state index contributed by atoms with van der Waals surface area (Å²) in [7, 11) is 1.73. The number of rotatable bonds is 2. The van der Waals surface area contributed by atoms with E-state index >= 15 is 0 Å². The highest BCUT2D eigenvalue weighted by molar-refractivity contribution is 5.52. The lowest BCUT2D eigenvalue weighted by Crippen LogP contribution is -1.98. The van der Waals surface area contributed by atoms with Crippen LogP contribution in [-0.4, -0.2) is 7.11 Å². The van der Waals surface area contributed by atoms with Crippen LogP contribution < -0.4 is 4.74 Å². The maximum Gasteiger partial charge on any atom is 0.125 e. The number of benzene rings is 2. The first-order chi connectivity index (χ1) is 10.0. The van der Waals surface area contributed by atoms with E-state index in [1.54, 1.807) is 7.11 Å². The normalized spacial score (nSPS) is 10.2. The molecule has 0 unspecified atom stereocenters. The summed E-state index contributed by atoms with van der Waals surface area (Å²) < 4.78 is 5.52. The summed E-state index contributed by atoms with van der Waals surface area (Å²) in [6.07, 6.45) is 0. The summed E-state index contributed by atoms with van der Waals surface area (Å²) in [6.45, 7) is 8.51. The summed E-state index contributed by atoms with van der Waals surface area (Å²) in [5.41, 5.74) is 5.67. The minimum absolute atomic E-state index is 0.416. The zero-order valence-corrected chi connectivity index (χ0v) is 13.4. The molecule has 2 aromatic rings. The Morgan fingerprint density at radius 2 is 1.67 bits per heavy atom. The fourth-order valence-electron chi connectivity index (χ4n) is 2.45. The molecule has 0 saturated carbocycles. The topological polar surface area (TPSA) is 9.23 Å². The van der Waals surface area contributed by atoms with Gasteiger partial charge >= 0.3 is 0 Å². The highest BCUT2D eigenvalue weighted by Crippen LogP contribution is 2.30. The highest BCUT2D eigenvalue weighted by atomic mass is 16.5. The Morgan fingerprint density at radius 3 is 2.29 bits per heavy atom. The zero-order chi connectivity index (χ0) is 15.4. The van der Waals surface area contributed by atoms with Crippen molar-refractivity contribution in [1.82, 2.24) is 0 Å². The van der Waals surface area contributed by atoms with E-state index < -0.39 is 0 Å². The van der Waals surface area contributed by atoms with Crippen LogP contribution in [0.3, 0.4) is 0 Å². The third-order valence-corrected chi connectivity index (χ3v) is 3.50. The van der Waals surface area contributed by atoms with E-state index in [1.807, 2.05) is 12.1 Å². The van der Waals surface area contributed by atoms with Crippen molar-refractivity contribution in [1.29, 1.82) is 0 Å². The van der Waals surface area contributed by atoms with Crippen LogP contribution in [0.5, 0.6) is 5.75 Å². The second-order valence-electron chi connectivity index (χ2n) is 5.69. The number of ether oxygens (including phenoxy) is 1. The van der Waals surface area contributed by atoms with Crippen LogP contribution in [0.1, 0.15) is 47.6 Å². The molecule has 0 aliphatic rings. The van der Waals surface area contributed by atoms with Crippen molar-refractivity contribution >= 4 is 0 Å². The molecular weight excluding hydrogens is 256 g/mol. The molecule has 0 aliphatic heterocycles. The summed E-state index contributed by atoms with van der Waals surface area (Å²) >= 11 is 0. The molecule has 21 heavy (non-hydrogen) atoms. The van der Waals surface area contributed by atoms with Gasteiger partial charge < -0.3 is 4.74 Å². The fraction of sp³-hybridized carbons (Fsp3) is 0.300. The van der Waals surface area contributed by atoms with Crippen LogP contribution in [0, 0.1) is 25.7 Å². The largest absolute Gasteiger partial charge is 0.496 e. The van der Waals surface area contributed by atoms with Gasteiger partial charge in [-0.15, -0.1) is 0 Å². The minimum atomic E-state index is 0.416. The van der Waals surface area contributed by atoms with Crippen LogP contribution in [0.2, 0.25) is 0 Å². The molecule has 0 saturated heterocycles. The van der Waals surface area contributed by atoms with E-state index in [4.69, 9.17) is 4.74 Å². The van der Waals surface area contributed by atoms with E-state index in [2.05, 4.69) is 63.8 Å². The second-order valence-corrected chi connectivity index (χ2v) is 5.69. The predicted octanol–water partition coefficient (Wildman–Crippen LogP) is 4.84. The molecule has 1 nitrogen and oxygen atoms in total. The Bertz CT molecular complexity index is 700. The van der Waals surface area contributed by atoms with Crippen molar-refractivity contribution in [2.75, 3.05) is 7.11 Å². The van der Waals surface area contributed by atoms with Gasteiger partial charge in [0.2, 0.25) is 0 Å². The molecule has 0 spiro atoms. The van der Waals surface area contributed by atoms with Crippen molar-refractivity contribution in [3.8, 4) is 17.6 Å². The Kier molecular flexibility index (Phi) is 4.70. The van der Waals surface area contributed by atoms with Crippen molar-refractivity contribution < 1.29 is 4.74 Å². The van der Waals surface area contributed by atoms with Gasteiger partial charge in [0.1, 0.15) is 5.75 Å². The molecule has 0 heterocycles. The van der Waals surface area contributed by atoms with E-state index in [0.29, 0.717) is 5.92 Å². The fourth-order valence-corrected chi connectivity index (χ4v) is 2.45. The lowest BCUT2D eigenvalue weighted by Gasteiger charge is -2.14. The first-order valence-electron chi connectivity index (χ1n) is 7.28. The predicted molar refractivity (Wildman–Crippen MR) is 89.0 cm³/mol. The summed E-state index contributed by atoms with van der Waals surface area (Å²) in [6, 6.07) is 12.5. The van der Waals surface area contributed by atoms with Crippen LogP contribution in [0.4, 0.5) is 0 Å². The van der Waals surface area contributed by atoms with Gasteiger partial charge in [0, 0.05) is 11.1 Å². The third kappa shape index (κ3) is 3.67. The molecule has 0 atom stereocenters. The van der Waals surface area contributed by atoms with Gasteiger partial charge in [0.05, 0.1) is 7.11 Å². The van der Waals surface area contributed by atoms with Gasteiger partial charge in [-0.2, -0.15) is 0 Å². The Hall–Kier alpha value is -2.20. The van der Waals surface area contributed by atoms with Gasteiger partial charge in [0.15, 0.2) is 0 Å². The number of methoxy groups -OCH3 is 1. The quantitative estimate of drug-likeness (QED) is 0.715. The molecule has 2 aromatic carbocycles. The standard InChI is InChI=1S/C20H22O/c1-14(2)19-13-18(12-16(4)20(19)21-5)10-9-17-8-6-7-15(3)11-17/h6-8,11-14H,1-5H3. The van der Waals surface area contributed by atoms with E-state index in [9.17, 15) is 0 Å². The number of hydrogen-bond acceptors (Lipinski definition) is 1. The number of aryl methyl sites for hydroxylation is 2. The van der Waals surface area contributed by atoms with Gasteiger partial charge in [-0.3, -0.25) is 0 Å². The van der Waals surface area contributed by atoms with Crippen molar-refractivity contribution in [2.45, 2.75) is 33.6 Å². The maximum atomic E-state index is 5.52. The molecular formula is C20H22O. The summed E-state index contributed by atoms with van der Waals surface area (Å²) in [5, 5.41) is 0. The van der Waals surface area contributed by atoms with E-state index in [1.165, 1.54) is 11.1 Å². The maximum absolute atomic E-state index is 5.52. The first kappa shape index (κ1) is 15.2. The van der Waals surface area contributed by atoms with Crippen LogP contribution >= 0.6 is 0 Å². The second kappa shape index (κ2) is 6.50. The molecule has 1 heteroatoms. The van der Waals surface area contributed by atoms with E-state index in [-0.39, 0.29) is 0 Å². The summed E-state index contributed by atoms with van der Waals surface area (Å²) in [5.74, 6) is 7.91. The van der Waals surface area contributed by atoms with Gasteiger partial charge in [-0.05, 0) is 60.7 Å². The molecule has 0 fully saturated rings. The lowest BCUT2D eigenvalue weighted by atomic mass is 9.96. The lowest BCUT2D eigenvalue weighted by molar-refractivity contribution is 0.404. The van der Waals surface area contributed by atoms with Gasteiger partial charge in [-0.1, -0.05) is 37.8 Å². The Morgan fingerprint density at radius 1 is 0.952 bits per heavy atom. The average molecular weight is 278 g/mol. The SMILES string of the molecule is COc1c(C)cc(C#Cc2cccc(C)c2)cc1C(C)C. The molecule has 2 rings (SSSR count).